The molecule has 20 heavy (non-hydrogen) atoms. The number of sulfone groups is 1. The second-order valence-corrected chi connectivity index (χ2v) is 6.57. The summed E-state index contributed by atoms with van der Waals surface area (Å²) in [5, 5.41) is 0.728. The highest BCUT2D eigenvalue weighted by Crippen LogP contribution is 2.23. The average molecular weight is 289 g/mol. The lowest BCUT2D eigenvalue weighted by Crippen LogP contribution is -2.04. The third kappa shape index (κ3) is 2.32. The van der Waals surface area contributed by atoms with Gasteiger partial charge < -0.3 is 4.98 Å². The van der Waals surface area contributed by atoms with Crippen LogP contribution in [0.25, 0.3) is 10.9 Å². The normalized spacial score (nSPS) is 11.8. The van der Waals surface area contributed by atoms with E-state index in [2.05, 4.69) is 4.98 Å². The summed E-state index contributed by atoms with van der Waals surface area (Å²) in [5.41, 5.74) is 1.24. The van der Waals surface area contributed by atoms with Crippen LogP contribution in [0.15, 0.2) is 59.6 Å². The Kier molecular flexibility index (Phi) is 3.06. The quantitative estimate of drug-likeness (QED) is 0.804. The number of halogens is 1. The van der Waals surface area contributed by atoms with E-state index in [0.717, 1.165) is 5.39 Å². The van der Waals surface area contributed by atoms with Gasteiger partial charge in [0.05, 0.1) is 10.6 Å². The fraction of sp³-hybridized carbons (Fsp3) is 0.0667. The molecule has 2 aromatic carbocycles. The topological polar surface area (TPSA) is 49.9 Å². The number of rotatable bonds is 3. The summed E-state index contributed by atoms with van der Waals surface area (Å²) in [6, 6.07) is 12.6. The van der Waals surface area contributed by atoms with Gasteiger partial charge in [-0.25, -0.2) is 12.8 Å². The van der Waals surface area contributed by atoms with E-state index in [9.17, 15) is 12.8 Å². The van der Waals surface area contributed by atoms with E-state index in [0.29, 0.717) is 11.1 Å². The van der Waals surface area contributed by atoms with E-state index in [-0.39, 0.29) is 16.5 Å². The Labute approximate surface area is 116 Å². The van der Waals surface area contributed by atoms with E-state index in [4.69, 9.17) is 0 Å². The van der Waals surface area contributed by atoms with Crippen molar-refractivity contribution in [1.29, 1.82) is 0 Å². The standard InChI is InChI=1S/C15H12FNO2S/c16-12-6-7-14-11(9-17-15(14)8-12)10-20(18,19)13-4-2-1-3-5-13/h1-9,17H,10H2. The maximum Gasteiger partial charge on any atom is 0.182 e. The third-order valence-electron chi connectivity index (χ3n) is 3.18. The van der Waals surface area contributed by atoms with Gasteiger partial charge in [0.2, 0.25) is 0 Å². The first-order valence-corrected chi connectivity index (χ1v) is 7.75. The fourth-order valence-corrected chi connectivity index (χ4v) is 3.58. The first-order valence-electron chi connectivity index (χ1n) is 6.09. The number of benzene rings is 2. The van der Waals surface area contributed by atoms with Crippen LogP contribution in [-0.4, -0.2) is 13.4 Å². The van der Waals surface area contributed by atoms with Crippen molar-refractivity contribution in [2.75, 3.05) is 0 Å². The SMILES string of the molecule is O=S(=O)(Cc1c[nH]c2cc(F)ccc12)c1ccccc1. The molecule has 0 aliphatic heterocycles. The van der Waals surface area contributed by atoms with Crippen LogP contribution in [0.4, 0.5) is 4.39 Å². The summed E-state index contributed by atoms with van der Waals surface area (Å²) in [6.07, 6.45) is 1.62. The van der Waals surface area contributed by atoms with E-state index in [1.165, 1.54) is 12.1 Å². The van der Waals surface area contributed by atoms with Gasteiger partial charge in [0.25, 0.3) is 0 Å². The van der Waals surface area contributed by atoms with Gasteiger partial charge in [-0.1, -0.05) is 18.2 Å². The Hall–Kier alpha value is -2.14. The Morgan fingerprint density at radius 3 is 2.55 bits per heavy atom. The summed E-state index contributed by atoms with van der Waals surface area (Å²) in [6.45, 7) is 0. The molecule has 1 heterocycles. The van der Waals surface area contributed by atoms with E-state index in [1.54, 1.807) is 42.6 Å². The Morgan fingerprint density at radius 1 is 1.05 bits per heavy atom. The predicted octanol–water partition coefficient (Wildman–Crippen LogP) is 3.28. The Bertz CT molecular complexity index is 854. The Balaban J connectivity index is 2.01. The first kappa shape index (κ1) is 12.9. The number of H-pyrrole nitrogens is 1. The van der Waals surface area contributed by atoms with Crippen molar-refractivity contribution in [3.05, 3.63) is 66.1 Å². The number of hydrogen-bond acceptors (Lipinski definition) is 2. The van der Waals surface area contributed by atoms with Crippen LogP contribution in [0, 0.1) is 5.82 Å². The summed E-state index contributed by atoms with van der Waals surface area (Å²) in [4.78, 5) is 3.19. The number of fused-ring (bicyclic) bond motifs is 1. The highest BCUT2D eigenvalue weighted by molar-refractivity contribution is 7.90. The second kappa shape index (κ2) is 4.76. The summed E-state index contributed by atoms with van der Waals surface area (Å²) >= 11 is 0. The van der Waals surface area contributed by atoms with Crippen LogP contribution in [0.5, 0.6) is 0 Å². The summed E-state index contributed by atoms with van der Waals surface area (Å²) < 4.78 is 37.8. The molecule has 0 aliphatic carbocycles. The molecule has 0 atom stereocenters. The molecule has 0 radical (unpaired) electrons. The third-order valence-corrected chi connectivity index (χ3v) is 4.86. The minimum absolute atomic E-state index is 0.108. The van der Waals surface area contributed by atoms with Gasteiger partial charge in [-0.2, -0.15) is 0 Å². The monoisotopic (exact) mass is 289 g/mol. The molecule has 1 aromatic heterocycles. The van der Waals surface area contributed by atoms with Crippen molar-refractivity contribution >= 4 is 20.7 Å². The second-order valence-electron chi connectivity index (χ2n) is 4.58. The van der Waals surface area contributed by atoms with Gasteiger partial charge in [-0.15, -0.1) is 0 Å². The van der Waals surface area contributed by atoms with Crippen molar-refractivity contribution in [3.8, 4) is 0 Å². The summed E-state index contributed by atoms with van der Waals surface area (Å²) in [7, 11) is -3.40. The molecule has 0 fully saturated rings. The molecule has 0 aliphatic rings. The van der Waals surface area contributed by atoms with Crippen molar-refractivity contribution in [1.82, 2.24) is 4.98 Å². The first-order chi connectivity index (χ1) is 9.56. The highest BCUT2D eigenvalue weighted by Gasteiger charge is 2.17. The van der Waals surface area contributed by atoms with Gasteiger partial charge in [-0.05, 0) is 35.9 Å². The molecule has 0 spiro atoms. The minimum Gasteiger partial charge on any atom is -0.361 e. The van der Waals surface area contributed by atoms with Gasteiger partial charge in [0.15, 0.2) is 9.84 Å². The van der Waals surface area contributed by atoms with Crippen molar-refractivity contribution in [2.24, 2.45) is 0 Å². The molecule has 0 unspecified atom stereocenters. The average Bonchev–Trinajstić information content (AvgIpc) is 2.81. The van der Waals surface area contributed by atoms with Gasteiger partial charge >= 0.3 is 0 Å². The molecule has 0 bridgehead atoms. The molecule has 102 valence electrons. The van der Waals surface area contributed by atoms with E-state index >= 15 is 0 Å². The van der Waals surface area contributed by atoms with Crippen LogP contribution in [-0.2, 0) is 15.6 Å². The van der Waals surface area contributed by atoms with Crippen molar-refractivity contribution < 1.29 is 12.8 Å². The molecule has 5 heteroatoms. The van der Waals surface area contributed by atoms with Crippen LogP contribution < -0.4 is 0 Å². The van der Waals surface area contributed by atoms with E-state index in [1.807, 2.05) is 0 Å². The molecular formula is C15H12FNO2S. The molecular weight excluding hydrogens is 277 g/mol. The molecule has 0 saturated heterocycles. The zero-order chi connectivity index (χ0) is 14.2. The van der Waals surface area contributed by atoms with Gasteiger partial charge in [0.1, 0.15) is 5.82 Å². The van der Waals surface area contributed by atoms with Gasteiger partial charge in [0, 0.05) is 17.1 Å². The highest BCUT2D eigenvalue weighted by atomic mass is 32.2. The predicted molar refractivity (Wildman–Crippen MR) is 75.6 cm³/mol. The summed E-state index contributed by atoms with van der Waals surface area (Å²) in [5.74, 6) is -0.459. The van der Waals surface area contributed by atoms with Crippen LogP contribution >= 0.6 is 0 Å². The zero-order valence-electron chi connectivity index (χ0n) is 10.5. The number of hydrogen-bond donors (Lipinski definition) is 1. The number of nitrogens with one attached hydrogen (secondary N) is 1. The molecule has 0 saturated carbocycles. The molecule has 3 aromatic rings. The molecule has 0 amide bonds. The molecule has 3 nitrogen and oxygen atoms in total. The lowest BCUT2D eigenvalue weighted by Gasteiger charge is -2.03. The largest absolute Gasteiger partial charge is 0.361 e. The van der Waals surface area contributed by atoms with Crippen molar-refractivity contribution in [2.45, 2.75) is 10.6 Å². The van der Waals surface area contributed by atoms with Crippen molar-refractivity contribution in [3.63, 3.8) is 0 Å². The minimum atomic E-state index is -3.40. The van der Waals surface area contributed by atoms with Crippen LogP contribution in [0.3, 0.4) is 0 Å². The Morgan fingerprint density at radius 2 is 1.80 bits per heavy atom. The fourth-order valence-electron chi connectivity index (χ4n) is 2.19. The van der Waals surface area contributed by atoms with Gasteiger partial charge in [-0.3, -0.25) is 0 Å². The number of aromatic nitrogens is 1. The maximum atomic E-state index is 13.1. The number of aromatic amines is 1. The van der Waals surface area contributed by atoms with Crippen LogP contribution in [0.1, 0.15) is 5.56 Å². The van der Waals surface area contributed by atoms with E-state index < -0.39 is 9.84 Å². The molecule has 3 rings (SSSR count). The lowest BCUT2D eigenvalue weighted by molar-refractivity contribution is 0.595. The smallest absolute Gasteiger partial charge is 0.182 e. The molecule has 1 N–H and O–H groups in total. The zero-order valence-corrected chi connectivity index (χ0v) is 11.3. The maximum absolute atomic E-state index is 13.1. The van der Waals surface area contributed by atoms with Crippen LogP contribution in [0.2, 0.25) is 0 Å². The lowest BCUT2D eigenvalue weighted by atomic mass is 10.2.